The molecule has 3 nitrogen and oxygen atoms in total. The number of nitrogens with one attached hydrogen (secondary N) is 1. The van der Waals surface area contributed by atoms with Crippen LogP contribution in [-0.4, -0.2) is 18.0 Å². The highest BCUT2D eigenvalue weighted by Gasteiger charge is 2.23. The van der Waals surface area contributed by atoms with Crippen LogP contribution in [0.4, 0.5) is 0 Å². The summed E-state index contributed by atoms with van der Waals surface area (Å²) in [6.07, 6.45) is 7.96. The predicted molar refractivity (Wildman–Crippen MR) is 86.9 cm³/mol. The maximum atomic E-state index is 12.2. The average molecular weight is 288 g/mol. The van der Waals surface area contributed by atoms with E-state index in [0.717, 1.165) is 6.42 Å². The second kappa shape index (κ2) is 8.18. The minimum absolute atomic E-state index is 0.00371. The molecule has 1 aliphatic rings. The number of benzene rings is 1. The first-order chi connectivity index (χ1) is 10.2. The summed E-state index contributed by atoms with van der Waals surface area (Å²) in [5, 5.41) is 3.12. The summed E-state index contributed by atoms with van der Waals surface area (Å²) in [6, 6.07) is 10.0. The van der Waals surface area contributed by atoms with Crippen molar-refractivity contribution in [1.29, 1.82) is 0 Å². The fourth-order valence-electron chi connectivity index (χ4n) is 3.18. The van der Waals surface area contributed by atoms with Gasteiger partial charge in [0.1, 0.15) is 0 Å². The van der Waals surface area contributed by atoms with E-state index in [-0.39, 0.29) is 11.9 Å². The second-order valence-corrected chi connectivity index (χ2v) is 6.33. The van der Waals surface area contributed by atoms with Crippen molar-refractivity contribution in [3.63, 3.8) is 0 Å². The van der Waals surface area contributed by atoms with Crippen molar-refractivity contribution in [1.82, 2.24) is 5.32 Å². The Morgan fingerprint density at radius 1 is 1.24 bits per heavy atom. The lowest BCUT2D eigenvalue weighted by Crippen LogP contribution is -2.47. The normalized spacial score (nSPS) is 19.0. The van der Waals surface area contributed by atoms with Crippen molar-refractivity contribution in [2.45, 2.75) is 64.0 Å². The summed E-state index contributed by atoms with van der Waals surface area (Å²) in [4.78, 5) is 12.2. The molecule has 1 saturated carbocycles. The highest BCUT2D eigenvalue weighted by Crippen LogP contribution is 2.26. The van der Waals surface area contributed by atoms with Gasteiger partial charge in [0.05, 0.1) is 6.04 Å². The van der Waals surface area contributed by atoms with E-state index < -0.39 is 6.04 Å². The van der Waals surface area contributed by atoms with Gasteiger partial charge in [0.15, 0.2) is 0 Å². The molecule has 0 spiro atoms. The van der Waals surface area contributed by atoms with Crippen molar-refractivity contribution in [3.8, 4) is 0 Å². The fourth-order valence-corrected chi connectivity index (χ4v) is 3.18. The van der Waals surface area contributed by atoms with Gasteiger partial charge in [0.25, 0.3) is 0 Å². The van der Waals surface area contributed by atoms with Gasteiger partial charge in [-0.1, -0.05) is 49.6 Å². The molecule has 3 N–H and O–H groups in total. The number of carbonyl (C=O) groups is 1. The Kier molecular flexibility index (Phi) is 6.24. The van der Waals surface area contributed by atoms with Gasteiger partial charge < -0.3 is 11.1 Å². The van der Waals surface area contributed by atoms with Crippen molar-refractivity contribution in [3.05, 3.63) is 35.9 Å². The van der Waals surface area contributed by atoms with Crippen LogP contribution in [0.25, 0.3) is 0 Å². The molecule has 0 saturated heterocycles. The molecule has 1 amide bonds. The van der Waals surface area contributed by atoms with Gasteiger partial charge >= 0.3 is 0 Å². The van der Waals surface area contributed by atoms with Gasteiger partial charge in [0.2, 0.25) is 5.91 Å². The molecule has 0 aliphatic heterocycles. The van der Waals surface area contributed by atoms with E-state index in [1.54, 1.807) is 0 Å². The van der Waals surface area contributed by atoms with Crippen molar-refractivity contribution < 1.29 is 4.79 Å². The summed E-state index contributed by atoms with van der Waals surface area (Å²) in [6.45, 7) is 2.12. The third-order valence-corrected chi connectivity index (χ3v) is 4.65. The maximum Gasteiger partial charge on any atom is 0.237 e. The van der Waals surface area contributed by atoms with E-state index in [2.05, 4.69) is 24.4 Å². The first kappa shape index (κ1) is 16.0. The second-order valence-electron chi connectivity index (χ2n) is 6.33. The van der Waals surface area contributed by atoms with Gasteiger partial charge in [0, 0.05) is 6.04 Å². The molecular formula is C18H28N2O. The van der Waals surface area contributed by atoms with Crippen LogP contribution in [0.5, 0.6) is 0 Å². The van der Waals surface area contributed by atoms with E-state index in [1.165, 1.54) is 37.7 Å². The largest absolute Gasteiger partial charge is 0.352 e. The van der Waals surface area contributed by atoms with Crippen molar-refractivity contribution in [2.24, 2.45) is 11.7 Å². The lowest BCUT2D eigenvalue weighted by molar-refractivity contribution is -0.123. The summed E-state index contributed by atoms with van der Waals surface area (Å²) < 4.78 is 0. The molecule has 21 heavy (non-hydrogen) atoms. The third-order valence-electron chi connectivity index (χ3n) is 4.65. The Bertz CT molecular complexity index is 426. The zero-order valence-electron chi connectivity index (χ0n) is 13.1. The molecular weight excluding hydrogens is 260 g/mol. The first-order valence-electron chi connectivity index (χ1n) is 8.26. The van der Waals surface area contributed by atoms with Crippen LogP contribution < -0.4 is 11.1 Å². The van der Waals surface area contributed by atoms with Crippen molar-refractivity contribution >= 4 is 5.91 Å². The Balaban J connectivity index is 1.74. The zero-order valence-corrected chi connectivity index (χ0v) is 13.1. The van der Waals surface area contributed by atoms with Crippen LogP contribution in [-0.2, 0) is 11.2 Å². The van der Waals surface area contributed by atoms with Crippen LogP contribution in [0.2, 0.25) is 0 Å². The lowest BCUT2D eigenvalue weighted by Gasteiger charge is -2.29. The average Bonchev–Trinajstić information content (AvgIpc) is 2.54. The van der Waals surface area contributed by atoms with Gasteiger partial charge in [-0.2, -0.15) is 0 Å². The number of aryl methyl sites for hydroxylation is 1. The highest BCUT2D eigenvalue weighted by atomic mass is 16.2. The van der Waals surface area contributed by atoms with Crippen molar-refractivity contribution in [2.75, 3.05) is 0 Å². The third kappa shape index (κ3) is 5.16. The number of hydrogen-bond acceptors (Lipinski definition) is 2. The molecule has 3 heteroatoms. The smallest absolute Gasteiger partial charge is 0.237 e. The summed E-state index contributed by atoms with van der Waals surface area (Å²) in [5.41, 5.74) is 7.27. The van der Waals surface area contributed by atoms with Gasteiger partial charge in [-0.25, -0.2) is 0 Å². The minimum atomic E-state index is -0.406. The molecule has 1 fully saturated rings. The number of rotatable bonds is 6. The lowest BCUT2D eigenvalue weighted by atomic mass is 9.84. The molecule has 1 aromatic rings. The van der Waals surface area contributed by atoms with Crippen LogP contribution in [0, 0.1) is 5.92 Å². The maximum absolute atomic E-state index is 12.2. The number of amides is 1. The Hall–Kier alpha value is -1.35. The Labute approximate surface area is 128 Å². The quantitative estimate of drug-likeness (QED) is 0.845. The van der Waals surface area contributed by atoms with Gasteiger partial charge in [-0.15, -0.1) is 0 Å². The van der Waals surface area contributed by atoms with E-state index in [0.29, 0.717) is 12.3 Å². The number of nitrogens with two attached hydrogens (primary N) is 1. The Morgan fingerprint density at radius 3 is 2.57 bits per heavy atom. The molecule has 2 rings (SSSR count). The summed E-state index contributed by atoms with van der Waals surface area (Å²) in [5.74, 6) is 0.632. The molecule has 0 heterocycles. The van der Waals surface area contributed by atoms with Gasteiger partial charge in [-0.3, -0.25) is 4.79 Å². The number of carbonyl (C=O) groups excluding carboxylic acids is 1. The van der Waals surface area contributed by atoms with E-state index in [4.69, 9.17) is 5.73 Å². The van der Waals surface area contributed by atoms with E-state index >= 15 is 0 Å². The summed E-state index contributed by atoms with van der Waals surface area (Å²) >= 11 is 0. The molecule has 1 unspecified atom stereocenters. The number of hydrogen-bond donors (Lipinski definition) is 2. The van der Waals surface area contributed by atoms with Gasteiger partial charge in [-0.05, 0) is 44.1 Å². The standard InChI is InChI=1S/C18H28N2O/c1-14(16-10-6-3-7-11-16)20-18(21)17(19)13-12-15-8-4-2-5-9-15/h2,4-5,8-9,14,16-17H,3,6-7,10-13,19H2,1H3,(H,20,21)/t14-,17?/m0/s1. The molecule has 2 atom stereocenters. The van der Waals surface area contributed by atoms with E-state index in [1.807, 2.05) is 18.2 Å². The van der Waals surface area contributed by atoms with Crippen LogP contribution in [0.15, 0.2) is 30.3 Å². The molecule has 116 valence electrons. The molecule has 1 aliphatic carbocycles. The fraction of sp³-hybridized carbons (Fsp3) is 0.611. The summed E-state index contributed by atoms with van der Waals surface area (Å²) in [7, 11) is 0. The SMILES string of the molecule is C[C@H](NC(=O)C(N)CCc1ccccc1)C1CCCCC1. The predicted octanol–water partition coefficient (Wildman–Crippen LogP) is 3.03. The topological polar surface area (TPSA) is 55.1 Å². The van der Waals surface area contributed by atoms with E-state index in [9.17, 15) is 4.79 Å². The van der Waals surface area contributed by atoms with Crippen LogP contribution in [0.3, 0.4) is 0 Å². The highest BCUT2D eigenvalue weighted by molar-refractivity contribution is 5.81. The molecule has 1 aromatic carbocycles. The molecule has 0 bridgehead atoms. The minimum Gasteiger partial charge on any atom is -0.352 e. The first-order valence-corrected chi connectivity index (χ1v) is 8.26. The van der Waals surface area contributed by atoms with Crippen LogP contribution >= 0.6 is 0 Å². The zero-order chi connectivity index (χ0) is 15.1. The molecule has 0 aromatic heterocycles. The monoisotopic (exact) mass is 288 g/mol. The molecule has 0 radical (unpaired) electrons. The van der Waals surface area contributed by atoms with Crippen LogP contribution in [0.1, 0.15) is 51.0 Å². The Morgan fingerprint density at radius 2 is 1.90 bits per heavy atom.